The second-order valence-corrected chi connectivity index (χ2v) is 7.22. The molecular formula is C18H24N2O4. The Kier molecular flexibility index (Phi) is 4.39. The summed E-state index contributed by atoms with van der Waals surface area (Å²) in [5, 5.41) is 0. The lowest BCUT2D eigenvalue weighted by Crippen LogP contribution is -2.50. The molecule has 0 atom stereocenters. The normalized spacial score (nSPS) is 18.0. The maximum atomic E-state index is 12.1. The van der Waals surface area contributed by atoms with E-state index in [1.54, 1.807) is 4.90 Å². The number of fused-ring (bicyclic) bond motifs is 1. The van der Waals surface area contributed by atoms with Crippen molar-refractivity contribution in [1.82, 2.24) is 4.90 Å². The van der Waals surface area contributed by atoms with Crippen LogP contribution in [0.2, 0.25) is 0 Å². The fourth-order valence-corrected chi connectivity index (χ4v) is 2.93. The van der Waals surface area contributed by atoms with Crippen LogP contribution in [0.3, 0.4) is 0 Å². The molecule has 6 heteroatoms. The lowest BCUT2D eigenvalue weighted by molar-refractivity contribution is -0.135. The molecule has 3 rings (SSSR count). The van der Waals surface area contributed by atoms with Gasteiger partial charge in [-0.05, 0) is 38.8 Å². The van der Waals surface area contributed by atoms with Crippen LogP contribution in [0, 0.1) is 0 Å². The minimum absolute atomic E-state index is 0.172. The molecule has 6 nitrogen and oxygen atoms in total. The summed E-state index contributed by atoms with van der Waals surface area (Å²) < 4.78 is 10.7. The Labute approximate surface area is 142 Å². The van der Waals surface area contributed by atoms with E-state index < -0.39 is 5.60 Å². The molecule has 2 aliphatic heterocycles. The number of carbonyl (C=O) groups excluding carboxylic acids is 2. The van der Waals surface area contributed by atoms with E-state index in [9.17, 15) is 9.59 Å². The van der Waals surface area contributed by atoms with Crippen molar-refractivity contribution in [2.45, 2.75) is 39.2 Å². The van der Waals surface area contributed by atoms with E-state index in [4.69, 9.17) is 9.47 Å². The van der Waals surface area contributed by atoms with Crippen molar-refractivity contribution in [3.63, 3.8) is 0 Å². The highest BCUT2D eigenvalue weighted by Crippen LogP contribution is 2.30. The van der Waals surface area contributed by atoms with E-state index in [1.165, 1.54) is 0 Å². The zero-order chi connectivity index (χ0) is 17.3. The van der Waals surface area contributed by atoms with E-state index in [0.717, 1.165) is 30.8 Å². The first-order valence-electron chi connectivity index (χ1n) is 8.38. The Morgan fingerprint density at radius 3 is 2.50 bits per heavy atom. The molecule has 2 aliphatic rings. The summed E-state index contributed by atoms with van der Waals surface area (Å²) >= 11 is 0. The lowest BCUT2D eigenvalue weighted by atomic mass is 10.1. The third-order valence-corrected chi connectivity index (χ3v) is 4.17. The topological polar surface area (TPSA) is 59.1 Å². The molecule has 1 amide bonds. The molecule has 130 valence electrons. The zero-order valence-electron chi connectivity index (χ0n) is 14.5. The van der Waals surface area contributed by atoms with Crippen LogP contribution < -0.4 is 9.64 Å². The van der Waals surface area contributed by atoms with E-state index in [0.29, 0.717) is 25.3 Å². The summed E-state index contributed by atoms with van der Waals surface area (Å²) in [5.74, 6) is 0.493. The van der Waals surface area contributed by atoms with Gasteiger partial charge < -0.3 is 19.3 Å². The number of aryl methyl sites for hydroxylation is 1. The molecule has 0 aromatic heterocycles. The number of hydrogen-bond acceptors (Lipinski definition) is 5. The third kappa shape index (κ3) is 3.80. The molecule has 24 heavy (non-hydrogen) atoms. The van der Waals surface area contributed by atoms with Gasteiger partial charge in [0.05, 0.1) is 6.42 Å². The quantitative estimate of drug-likeness (QED) is 0.584. The van der Waals surface area contributed by atoms with Gasteiger partial charge in [-0.2, -0.15) is 0 Å². The van der Waals surface area contributed by atoms with Gasteiger partial charge in [0.15, 0.2) is 0 Å². The summed E-state index contributed by atoms with van der Waals surface area (Å²) in [6, 6.07) is 6.01. The first-order chi connectivity index (χ1) is 11.3. The SMILES string of the molecule is CC(C)(C)OC(=O)N1CCN(c2ccc3c(c2)OC(=O)CC3)CC1. The minimum atomic E-state index is -0.476. The Morgan fingerprint density at radius 1 is 1.12 bits per heavy atom. The molecule has 0 saturated carbocycles. The summed E-state index contributed by atoms with van der Waals surface area (Å²) in [6.07, 6.45) is 0.920. The van der Waals surface area contributed by atoms with Crippen molar-refractivity contribution in [2.75, 3.05) is 31.1 Å². The Hall–Kier alpha value is -2.24. The molecule has 1 fully saturated rings. The minimum Gasteiger partial charge on any atom is -0.444 e. The summed E-state index contributed by atoms with van der Waals surface area (Å²) in [6.45, 7) is 8.30. The molecular weight excluding hydrogens is 308 g/mol. The fraction of sp³-hybridized carbons (Fsp3) is 0.556. The monoisotopic (exact) mass is 332 g/mol. The molecule has 0 N–H and O–H groups in total. The standard InChI is InChI=1S/C18H24N2O4/c1-18(2,3)24-17(22)20-10-8-19(9-11-20)14-6-4-13-5-7-16(21)23-15(13)12-14/h4,6,12H,5,7-11H2,1-3H3. The van der Waals surface area contributed by atoms with Crippen LogP contribution >= 0.6 is 0 Å². The number of nitrogens with zero attached hydrogens (tertiary/aromatic N) is 2. The second kappa shape index (κ2) is 6.34. The first-order valence-corrected chi connectivity index (χ1v) is 8.38. The third-order valence-electron chi connectivity index (χ3n) is 4.17. The Balaban J connectivity index is 1.62. The number of piperazine rings is 1. The molecule has 0 bridgehead atoms. The Bertz CT molecular complexity index is 643. The molecule has 0 aliphatic carbocycles. The van der Waals surface area contributed by atoms with E-state index >= 15 is 0 Å². The van der Waals surface area contributed by atoms with Crippen LogP contribution in [0.4, 0.5) is 10.5 Å². The van der Waals surface area contributed by atoms with Crippen molar-refractivity contribution in [1.29, 1.82) is 0 Å². The molecule has 1 aromatic carbocycles. The average Bonchev–Trinajstić information content (AvgIpc) is 2.52. The van der Waals surface area contributed by atoms with Gasteiger partial charge in [-0.3, -0.25) is 4.79 Å². The molecule has 0 radical (unpaired) electrons. The number of esters is 1. The van der Waals surface area contributed by atoms with Crippen molar-refractivity contribution in [3.05, 3.63) is 23.8 Å². The number of benzene rings is 1. The fourth-order valence-electron chi connectivity index (χ4n) is 2.93. The highest BCUT2D eigenvalue weighted by molar-refractivity contribution is 5.76. The van der Waals surface area contributed by atoms with Gasteiger partial charge in [0.25, 0.3) is 0 Å². The van der Waals surface area contributed by atoms with Gasteiger partial charge in [-0.1, -0.05) is 6.07 Å². The number of amides is 1. The number of ether oxygens (including phenoxy) is 2. The maximum Gasteiger partial charge on any atom is 0.410 e. The zero-order valence-corrected chi connectivity index (χ0v) is 14.5. The predicted octanol–water partition coefficient (Wildman–Crippen LogP) is 2.60. The maximum absolute atomic E-state index is 12.1. The van der Waals surface area contributed by atoms with Crippen LogP contribution in [0.1, 0.15) is 32.8 Å². The van der Waals surface area contributed by atoms with Gasteiger partial charge in [0.1, 0.15) is 11.4 Å². The van der Waals surface area contributed by atoms with E-state index in [-0.39, 0.29) is 12.1 Å². The molecule has 1 aromatic rings. The first kappa shape index (κ1) is 16.6. The summed E-state index contributed by atoms with van der Waals surface area (Å²) in [5.41, 5.74) is 1.62. The van der Waals surface area contributed by atoms with Crippen LogP contribution in [0.15, 0.2) is 18.2 Å². The van der Waals surface area contributed by atoms with Crippen molar-refractivity contribution < 1.29 is 19.1 Å². The van der Waals surface area contributed by atoms with Crippen molar-refractivity contribution >= 4 is 17.7 Å². The predicted molar refractivity (Wildman–Crippen MR) is 90.4 cm³/mol. The number of hydrogen-bond donors (Lipinski definition) is 0. The van der Waals surface area contributed by atoms with Gasteiger partial charge >= 0.3 is 12.1 Å². The Morgan fingerprint density at radius 2 is 1.83 bits per heavy atom. The van der Waals surface area contributed by atoms with Gasteiger partial charge in [0, 0.05) is 37.9 Å². The second-order valence-electron chi connectivity index (χ2n) is 7.22. The van der Waals surface area contributed by atoms with Crippen LogP contribution in [-0.2, 0) is 16.0 Å². The van der Waals surface area contributed by atoms with Gasteiger partial charge in [-0.25, -0.2) is 4.79 Å². The average molecular weight is 332 g/mol. The van der Waals surface area contributed by atoms with Crippen LogP contribution in [0.5, 0.6) is 5.75 Å². The molecule has 2 heterocycles. The highest BCUT2D eigenvalue weighted by Gasteiger charge is 2.26. The van der Waals surface area contributed by atoms with Crippen molar-refractivity contribution in [3.8, 4) is 5.75 Å². The number of carbonyl (C=O) groups is 2. The molecule has 0 unspecified atom stereocenters. The summed E-state index contributed by atoms with van der Waals surface area (Å²) in [7, 11) is 0. The number of anilines is 1. The highest BCUT2D eigenvalue weighted by atomic mass is 16.6. The van der Waals surface area contributed by atoms with Gasteiger partial charge in [-0.15, -0.1) is 0 Å². The van der Waals surface area contributed by atoms with Crippen molar-refractivity contribution in [2.24, 2.45) is 0 Å². The van der Waals surface area contributed by atoms with Crippen LogP contribution in [0.25, 0.3) is 0 Å². The van der Waals surface area contributed by atoms with Crippen LogP contribution in [-0.4, -0.2) is 48.7 Å². The molecule has 0 spiro atoms. The smallest absolute Gasteiger partial charge is 0.410 e. The lowest BCUT2D eigenvalue weighted by Gasteiger charge is -2.37. The largest absolute Gasteiger partial charge is 0.444 e. The van der Waals surface area contributed by atoms with E-state index in [1.807, 2.05) is 32.9 Å². The van der Waals surface area contributed by atoms with E-state index in [2.05, 4.69) is 11.0 Å². The summed E-state index contributed by atoms with van der Waals surface area (Å²) in [4.78, 5) is 27.5. The number of rotatable bonds is 1. The molecule has 1 saturated heterocycles. The van der Waals surface area contributed by atoms with Gasteiger partial charge in [0.2, 0.25) is 0 Å².